The molecule has 3 aromatic heterocycles. The van der Waals surface area contributed by atoms with E-state index in [9.17, 15) is 9.18 Å². The van der Waals surface area contributed by atoms with Crippen molar-refractivity contribution in [2.24, 2.45) is 5.92 Å². The minimum atomic E-state index is -0.295. The van der Waals surface area contributed by atoms with Crippen LogP contribution in [0.5, 0.6) is 0 Å². The minimum absolute atomic E-state index is 0.0303. The maximum atomic E-state index is 13.6. The molecule has 33 heavy (non-hydrogen) atoms. The molecule has 1 saturated heterocycles. The van der Waals surface area contributed by atoms with Crippen molar-refractivity contribution >= 4 is 17.2 Å². The lowest BCUT2D eigenvalue weighted by atomic mass is 10.1. The summed E-state index contributed by atoms with van der Waals surface area (Å²) in [4.78, 5) is 25.8. The number of amides is 1. The number of carbonyl (C=O) groups excluding carboxylic acids is 1. The average Bonchev–Trinajstić information content (AvgIpc) is 3.63. The molecule has 2 bridgehead atoms. The third-order valence-electron chi connectivity index (χ3n) is 6.69. The number of carbonyl (C=O) groups is 1. The number of rotatable bonds is 4. The molecule has 2 fully saturated rings. The third-order valence-corrected chi connectivity index (χ3v) is 7.57. The summed E-state index contributed by atoms with van der Waals surface area (Å²) < 4.78 is 15.1. The molecular formula is C25H22FN5OS. The molecule has 1 saturated carbocycles. The zero-order valence-corrected chi connectivity index (χ0v) is 18.9. The number of likely N-dealkylation sites (tertiary alicyclic amines) is 1. The average molecular weight is 460 g/mol. The fourth-order valence-electron chi connectivity index (χ4n) is 5.07. The Labute approximate surface area is 194 Å². The lowest BCUT2D eigenvalue weighted by Crippen LogP contribution is -2.37. The number of thiophene rings is 1. The number of fused-ring (bicyclic) bond motifs is 2. The molecule has 0 radical (unpaired) electrons. The summed E-state index contributed by atoms with van der Waals surface area (Å²) in [5.41, 5.74) is 3.67. The highest BCUT2D eigenvalue weighted by Gasteiger charge is 2.41. The van der Waals surface area contributed by atoms with Crippen molar-refractivity contribution in [2.75, 3.05) is 6.54 Å². The van der Waals surface area contributed by atoms with Gasteiger partial charge in [-0.1, -0.05) is 6.07 Å². The van der Waals surface area contributed by atoms with Gasteiger partial charge in [0.2, 0.25) is 0 Å². The van der Waals surface area contributed by atoms with E-state index in [0.29, 0.717) is 34.9 Å². The molecule has 0 N–H and O–H groups in total. The van der Waals surface area contributed by atoms with Crippen LogP contribution in [0.4, 0.5) is 4.39 Å². The molecular weight excluding hydrogens is 437 g/mol. The third kappa shape index (κ3) is 3.45. The number of hydrogen-bond donors (Lipinski definition) is 0. The first-order valence-electron chi connectivity index (χ1n) is 11.1. The number of halogens is 1. The van der Waals surface area contributed by atoms with Gasteiger partial charge in [-0.25, -0.2) is 14.4 Å². The van der Waals surface area contributed by atoms with Crippen molar-refractivity contribution in [3.8, 4) is 27.8 Å². The lowest BCUT2D eigenvalue weighted by Gasteiger charge is -2.27. The highest BCUT2D eigenvalue weighted by Crippen LogP contribution is 2.39. The van der Waals surface area contributed by atoms with E-state index in [1.54, 1.807) is 40.5 Å². The Morgan fingerprint density at radius 3 is 2.70 bits per heavy atom. The molecule has 2 atom stereocenters. The second-order valence-electron chi connectivity index (χ2n) is 8.79. The van der Waals surface area contributed by atoms with Gasteiger partial charge in [0.1, 0.15) is 11.5 Å². The normalized spacial score (nSPS) is 19.4. The summed E-state index contributed by atoms with van der Waals surface area (Å²) in [7, 11) is 0. The second-order valence-corrected chi connectivity index (χ2v) is 9.74. The number of benzene rings is 1. The van der Waals surface area contributed by atoms with Gasteiger partial charge in [-0.3, -0.25) is 4.79 Å². The van der Waals surface area contributed by atoms with E-state index < -0.39 is 0 Å². The summed E-state index contributed by atoms with van der Waals surface area (Å²) >= 11 is 1.56. The van der Waals surface area contributed by atoms with Gasteiger partial charge in [-0.15, -0.1) is 11.3 Å². The molecule has 1 aliphatic heterocycles. The van der Waals surface area contributed by atoms with E-state index in [1.807, 2.05) is 29.3 Å². The summed E-state index contributed by atoms with van der Waals surface area (Å²) in [6, 6.07) is 10.5. The van der Waals surface area contributed by atoms with Crippen molar-refractivity contribution in [2.45, 2.75) is 32.2 Å². The van der Waals surface area contributed by atoms with Gasteiger partial charge in [0.05, 0.1) is 22.3 Å². The second kappa shape index (κ2) is 7.88. The van der Waals surface area contributed by atoms with Crippen LogP contribution in [-0.2, 0) is 0 Å². The van der Waals surface area contributed by atoms with Crippen LogP contribution in [0.15, 0.2) is 54.2 Å². The molecule has 0 unspecified atom stereocenters. The molecule has 166 valence electrons. The first-order chi connectivity index (χ1) is 16.1. The van der Waals surface area contributed by atoms with E-state index >= 15 is 0 Å². The zero-order chi connectivity index (χ0) is 22.5. The molecule has 1 amide bonds. The van der Waals surface area contributed by atoms with Gasteiger partial charge in [0.25, 0.3) is 11.9 Å². The Bertz CT molecular complexity index is 1330. The summed E-state index contributed by atoms with van der Waals surface area (Å²) in [6.45, 7) is 2.75. The number of aromatic nitrogens is 4. The fourth-order valence-corrected chi connectivity index (χ4v) is 5.84. The summed E-state index contributed by atoms with van der Waals surface area (Å²) in [5.74, 6) is 0.738. The smallest absolute Gasteiger partial charge is 0.258 e. The van der Waals surface area contributed by atoms with Crippen LogP contribution in [-0.4, -0.2) is 43.1 Å². The molecule has 6 rings (SSSR count). The van der Waals surface area contributed by atoms with Crippen LogP contribution in [0.3, 0.4) is 0 Å². The van der Waals surface area contributed by atoms with Crippen molar-refractivity contribution in [3.05, 3.63) is 71.1 Å². The van der Waals surface area contributed by atoms with Crippen LogP contribution in [0.25, 0.3) is 27.8 Å². The maximum Gasteiger partial charge on any atom is 0.258 e. The van der Waals surface area contributed by atoms with E-state index in [0.717, 1.165) is 35.4 Å². The highest BCUT2D eigenvalue weighted by atomic mass is 32.1. The first kappa shape index (κ1) is 20.2. The van der Waals surface area contributed by atoms with E-state index in [4.69, 9.17) is 4.98 Å². The van der Waals surface area contributed by atoms with Crippen LogP contribution in [0.1, 0.15) is 35.2 Å². The topological polar surface area (TPSA) is 63.9 Å². The molecule has 1 aromatic carbocycles. The predicted molar refractivity (Wildman–Crippen MR) is 125 cm³/mol. The van der Waals surface area contributed by atoms with E-state index in [-0.39, 0.29) is 11.7 Å². The molecule has 4 aromatic rings. The number of aryl methyl sites for hydroxylation is 1. The number of nitrogens with zero attached hydrogens (tertiary/aromatic N) is 5. The summed E-state index contributed by atoms with van der Waals surface area (Å²) in [6.07, 6.45) is 6.79. The first-order valence-corrected chi connectivity index (χ1v) is 12.0. The highest BCUT2D eigenvalue weighted by molar-refractivity contribution is 7.13. The molecule has 1 aliphatic carbocycles. The van der Waals surface area contributed by atoms with Gasteiger partial charge in [-0.2, -0.15) is 9.78 Å². The predicted octanol–water partition coefficient (Wildman–Crippen LogP) is 5.13. The maximum absolute atomic E-state index is 13.6. The Balaban J connectivity index is 1.45. The largest absolute Gasteiger partial charge is 0.335 e. The van der Waals surface area contributed by atoms with Crippen LogP contribution < -0.4 is 0 Å². The molecule has 8 heteroatoms. The van der Waals surface area contributed by atoms with Gasteiger partial charge in [0.15, 0.2) is 0 Å². The van der Waals surface area contributed by atoms with Crippen LogP contribution >= 0.6 is 11.3 Å². The van der Waals surface area contributed by atoms with Gasteiger partial charge < -0.3 is 4.90 Å². The Morgan fingerprint density at radius 2 is 2.00 bits per heavy atom. The fraction of sp³-hybridized carbons (Fsp3) is 0.280. The minimum Gasteiger partial charge on any atom is -0.335 e. The Morgan fingerprint density at radius 1 is 1.15 bits per heavy atom. The van der Waals surface area contributed by atoms with Crippen molar-refractivity contribution < 1.29 is 9.18 Å². The quantitative estimate of drug-likeness (QED) is 0.424. The standard InChI is InChI=1S/C25H22FN5OS/c1-15-12-27-25(29-22(15)17-5-7-18(26)8-6-17)31-23(21-3-2-10-33-21)20(13-28-31)24(32)30-14-16-4-9-19(30)11-16/h2-3,5-8,10,12-13,16,19H,4,9,11,14H2,1H3/t16-,19-/m0/s1. The van der Waals surface area contributed by atoms with Crippen molar-refractivity contribution in [1.29, 1.82) is 0 Å². The SMILES string of the molecule is Cc1cnc(-n2ncc(C(=O)N3C[C@H]4CC[C@H]3C4)c2-c2cccs2)nc1-c1ccc(F)cc1. The Hall–Kier alpha value is -3.39. The van der Waals surface area contributed by atoms with E-state index in [2.05, 4.69) is 10.1 Å². The number of hydrogen-bond acceptors (Lipinski definition) is 5. The van der Waals surface area contributed by atoms with Gasteiger partial charge >= 0.3 is 0 Å². The van der Waals surface area contributed by atoms with Gasteiger partial charge in [-0.05, 0) is 73.4 Å². The molecule has 2 aliphatic rings. The zero-order valence-electron chi connectivity index (χ0n) is 18.1. The number of piperidine rings is 1. The molecule has 0 spiro atoms. The van der Waals surface area contributed by atoms with Crippen LogP contribution in [0.2, 0.25) is 0 Å². The van der Waals surface area contributed by atoms with Crippen molar-refractivity contribution in [3.63, 3.8) is 0 Å². The molecule has 6 nitrogen and oxygen atoms in total. The Kier molecular flexibility index (Phi) is 4.83. The van der Waals surface area contributed by atoms with Gasteiger partial charge in [0, 0.05) is 24.3 Å². The lowest BCUT2D eigenvalue weighted by molar-refractivity contribution is 0.0704. The molecule has 4 heterocycles. The van der Waals surface area contributed by atoms with Crippen LogP contribution in [0, 0.1) is 18.7 Å². The monoisotopic (exact) mass is 459 g/mol. The van der Waals surface area contributed by atoms with E-state index in [1.165, 1.54) is 18.6 Å². The summed E-state index contributed by atoms with van der Waals surface area (Å²) in [5, 5.41) is 6.55. The van der Waals surface area contributed by atoms with Crippen molar-refractivity contribution in [1.82, 2.24) is 24.6 Å².